The van der Waals surface area contributed by atoms with Crippen LogP contribution in [0.15, 0.2) is 42.5 Å². The molecule has 0 unspecified atom stereocenters. The quantitative estimate of drug-likeness (QED) is 0.754. The zero-order valence-corrected chi connectivity index (χ0v) is 18.1. The topological polar surface area (TPSA) is 67.9 Å². The molecular weight excluding hydrogens is 380 g/mol. The molecule has 1 heterocycles. The van der Waals surface area contributed by atoms with Crippen molar-refractivity contribution in [3.63, 3.8) is 0 Å². The Hall–Kier alpha value is -3.02. The first kappa shape index (κ1) is 21.7. The number of ether oxygens (including phenoxy) is 2. The summed E-state index contributed by atoms with van der Waals surface area (Å²) in [6.45, 7) is 8.79. The van der Waals surface area contributed by atoms with Gasteiger partial charge in [-0.2, -0.15) is 0 Å². The summed E-state index contributed by atoms with van der Waals surface area (Å²) in [6, 6.07) is 13.3. The Bertz CT molecular complexity index is 910. The molecule has 3 rings (SSSR count). The van der Waals surface area contributed by atoms with Crippen LogP contribution in [0.3, 0.4) is 0 Å². The van der Waals surface area contributed by atoms with Crippen LogP contribution in [0.25, 0.3) is 0 Å². The van der Waals surface area contributed by atoms with E-state index >= 15 is 0 Å². The molecule has 1 aliphatic heterocycles. The van der Waals surface area contributed by atoms with Gasteiger partial charge in [0, 0.05) is 6.54 Å². The maximum Gasteiger partial charge on any atom is 0.265 e. The summed E-state index contributed by atoms with van der Waals surface area (Å²) >= 11 is 0. The van der Waals surface area contributed by atoms with Gasteiger partial charge in [-0.05, 0) is 48.6 Å². The van der Waals surface area contributed by atoms with Crippen molar-refractivity contribution in [2.24, 2.45) is 0 Å². The van der Waals surface area contributed by atoms with Crippen LogP contribution in [0, 0.1) is 6.92 Å². The normalized spacial score (nSPS) is 15.4. The lowest BCUT2D eigenvalue weighted by atomic mass is 10.0. The van der Waals surface area contributed by atoms with E-state index in [2.05, 4.69) is 19.2 Å². The number of aryl methyl sites for hydroxylation is 1. The van der Waals surface area contributed by atoms with Gasteiger partial charge in [0.1, 0.15) is 11.5 Å². The van der Waals surface area contributed by atoms with Crippen molar-refractivity contribution in [3.8, 4) is 11.5 Å². The molecule has 1 aliphatic rings. The van der Waals surface area contributed by atoms with E-state index in [1.165, 1.54) is 0 Å². The highest BCUT2D eigenvalue weighted by molar-refractivity contribution is 5.98. The van der Waals surface area contributed by atoms with Crippen molar-refractivity contribution in [1.29, 1.82) is 0 Å². The van der Waals surface area contributed by atoms with Gasteiger partial charge in [0.25, 0.3) is 11.8 Å². The molecule has 160 valence electrons. The van der Waals surface area contributed by atoms with E-state index in [1.807, 2.05) is 50.2 Å². The van der Waals surface area contributed by atoms with E-state index < -0.39 is 6.10 Å². The van der Waals surface area contributed by atoms with Gasteiger partial charge in [-0.15, -0.1) is 0 Å². The molecule has 0 radical (unpaired) electrons. The standard InChI is InChI=1S/C24H30N2O4/c1-5-12-25-24(28)22-14-26(19-8-6-7-9-20(19)30-22)23(27)15-29-21-13-17(4)10-11-18(21)16(2)3/h6-11,13,16,22H,5,12,14-15H2,1-4H3,(H,25,28)/t22-/m1/s1. The number of rotatable bonds is 7. The lowest BCUT2D eigenvalue weighted by Gasteiger charge is -2.34. The summed E-state index contributed by atoms with van der Waals surface area (Å²) in [5.74, 6) is 1.09. The summed E-state index contributed by atoms with van der Waals surface area (Å²) < 4.78 is 11.8. The molecule has 0 saturated heterocycles. The molecule has 2 amide bonds. The van der Waals surface area contributed by atoms with Gasteiger partial charge in [-0.3, -0.25) is 9.59 Å². The number of nitrogens with one attached hydrogen (secondary N) is 1. The fraction of sp³-hybridized carbons (Fsp3) is 0.417. The van der Waals surface area contributed by atoms with Gasteiger partial charge in [-0.25, -0.2) is 0 Å². The molecule has 1 N–H and O–H groups in total. The van der Waals surface area contributed by atoms with Crippen LogP contribution in [0.4, 0.5) is 5.69 Å². The molecule has 30 heavy (non-hydrogen) atoms. The molecule has 0 aromatic heterocycles. The minimum absolute atomic E-state index is 0.110. The first-order valence-electron chi connectivity index (χ1n) is 10.5. The average Bonchev–Trinajstić information content (AvgIpc) is 2.74. The van der Waals surface area contributed by atoms with E-state index in [-0.39, 0.29) is 30.9 Å². The van der Waals surface area contributed by atoms with Crippen molar-refractivity contribution in [2.45, 2.75) is 46.1 Å². The number of benzene rings is 2. The Morgan fingerprint density at radius 3 is 2.73 bits per heavy atom. The molecule has 2 aromatic carbocycles. The third-order valence-corrected chi connectivity index (χ3v) is 5.06. The first-order valence-corrected chi connectivity index (χ1v) is 10.5. The summed E-state index contributed by atoms with van der Waals surface area (Å²) in [4.78, 5) is 27.1. The van der Waals surface area contributed by atoms with Crippen LogP contribution in [0.1, 0.15) is 44.2 Å². The molecule has 2 aromatic rings. The summed E-state index contributed by atoms with van der Waals surface area (Å²) in [6.07, 6.45) is 0.0841. The zero-order chi connectivity index (χ0) is 21.7. The first-order chi connectivity index (χ1) is 14.4. The highest BCUT2D eigenvalue weighted by atomic mass is 16.5. The van der Waals surface area contributed by atoms with Crippen LogP contribution >= 0.6 is 0 Å². The Morgan fingerprint density at radius 1 is 1.23 bits per heavy atom. The summed E-state index contributed by atoms with van der Waals surface area (Å²) in [5.41, 5.74) is 2.79. The smallest absolute Gasteiger partial charge is 0.265 e. The molecule has 0 spiro atoms. The van der Waals surface area contributed by atoms with Crippen LogP contribution < -0.4 is 19.7 Å². The van der Waals surface area contributed by atoms with E-state index in [9.17, 15) is 9.59 Å². The second-order valence-electron chi connectivity index (χ2n) is 7.85. The largest absolute Gasteiger partial charge is 0.483 e. The van der Waals surface area contributed by atoms with Crippen LogP contribution in [-0.4, -0.2) is 37.6 Å². The predicted molar refractivity (Wildman–Crippen MR) is 117 cm³/mol. The Morgan fingerprint density at radius 2 is 2.00 bits per heavy atom. The maximum absolute atomic E-state index is 13.1. The van der Waals surface area contributed by atoms with Crippen LogP contribution in [0.2, 0.25) is 0 Å². The van der Waals surface area contributed by atoms with Gasteiger partial charge >= 0.3 is 0 Å². The van der Waals surface area contributed by atoms with Crippen molar-refractivity contribution >= 4 is 17.5 Å². The van der Waals surface area contributed by atoms with E-state index in [0.29, 0.717) is 18.0 Å². The fourth-order valence-electron chi connectivity index (χ4n) is 3.43. The number of para-hydroxylation sites is 2. The lowest BCUT2D eigenvalue weighted by Crippen LogP contribution is -2.51. The SMILES string of the molecule is CCCNC(=O)[C@H]1CN(C(=O)COc2cc(C)ccc2C(C)C)c2ccccc2O1. The number of anilines is 1. The molecule has 0 bridgehead atoms. The molecule has 6 heteroatoms. The Balaban J connectivity index is 1.77. The average molecular weight is 411 g/mol. The number of carbonyl (C=O) groups excluding carboxylic acids is 2. The number of hydrogen-bond donors (Lipinski definition) is 1. The van der Waals surface area contributed by atoms with Crippen molar-refractivity contribution < 1.29 is 19.1 Å². The van der Waals surface area contributed by atoms with Crippen LogP contribution in [0.5, 0.6) is 11.5 Å². The van der Waals surface area contributed by atoms with Gasteiger partial charge in [0.2, 0.25) is 0 Å². The number of nitrogens with zero attached hydrogens (tertiary/aromatic N) is 1. The molecular formula is C24H30N2O4. The zero-order valence-electron chi connectivity index (χ0n) is 18.1. The highest BCUT2D eigenvalue weighted by Gasteiger charge is 2.33. The second-order valence-corrected chi connectivity index (χ2v) is 7.85. The van der Waals surface area contributed by atoms with Crippen molar-refractivity contribution in [2.75, 3.05) is 24.6 Å². The fourth-order valence-corrected chi connectivity index (χ4v) is 3.43. The van der Waals surface area contributed by atoms with Gasteiger partial charge in [-0.1, -0.05) is 45.0 Å². The molecule has 0 aliphatic carbocycles. The minimum atomic E-state index is -0.749. The molecule has 6 nitrogen and oxygen atoms in total. The van der Waals surface area contributed by atoms with Crippen molar-refractivity contribution in [3.05, 3.63) is 53.6 Å². The van der Waals surface area contributed by atoms with Gasteiger partial charge < -0.3 is 19.7 Å². The summed E-state index contributed by atoms with van der Waals surface area (Å²) in [7, 11) is 0. The highest BCUT2D eigenvalue weighted by Crippen LogP contribution is 2.33. The maximum atomic E-state index is 13.1. The number of amides is 2. The number of hydrogen-bond acceptors (Lipinski definition) is 4. The monoisotopic (exact) mass is 410 g/mol. The lowest BCUT2D eigenvalue weighted by molar-refractivity contribution is -0.128. The number of fused-ring (bicyclic) bond motifs is 1. The van der Waals surface area contributed by atoms with Crippen molar-refractivity contribution in [1.82, 2.24) is 5.32 Å². The molecule has 1 atom stereocenters. The Labute approximate surface area is 178 Å². The third-order valence-electron chi connectivity index (χ3n) is 5.06. The van der Waals surface area contributed by atoms with Gasteiger partial charge in [0.05, 0.1) is 12.2 Å². The molecule has 0 saturated carbocycles. The van der Waals surface area contributed by atoms with E-state index in [1.54, 1.807) is 11.0 Å². The Kier molecular flexibility index (Phi) is 6.98. The minimum Gasteiger partial charge on any atom is -0.483 e. The van der Waals surface area contributed by atoms with E-state index in [4.69, 9.17) is 9.47 Å². The predicted octanol–water partition coefficient (Wildman–Crippen LogP) is 3.82. The number of carbonyl (C=O) groups is 2. The molecule has 0 fully saturated rings. The van der Waals surface area contributed by atoms with E-state index in [0.717, 1.165) is 23.3 Å². The summed E-state index contributed by atoms with van der Waals surface area (Å²) in [5, 5.41) is 2.84. The van der Waals surface area contributed by atoms with Gasteiger partial charge in [0.15, 0.2) is 12.7 Å². The van der Waals surface area contributed by atoms with Crippen LogP contribution in [-0.2, 0) is 9.59 Å². The second kappa shape index (κ2) is 9.65. The third kappa shape index (κ3) is 4.93.